The van der Waals surface area contributed by atoms with Gasteiger partial charge in [0.2, 0.25) is 0 Å². The van der Waals surface area contributed by atoms with Crippen LogP contribution in [0.4, 0.5) is 5.69 Å². The molecule has 0 aliphatic carbocycles. The highest BCUT2D eigenvalue weighted by Crippen LogP contribution is 2.20. The lowest BCUT2D eigenvalue weighted by atomic mass is 10.2. The summed E-state index contributed by atoms with van der Waals surface area (Å²) in [7, 11) is 1.16. The van der Waals surface area contributed by atoms with Crippen molar-refractivity contribution in [3.8, 4) is 0 Å². The van der Waals surface area contributed by atoms with Crippen molar-refractivity contribution in [1.82, 2.24) is 10.3 Å². The Bertz CT molecular complexity index is 534. The molecule has 0 aliphatic rings. The van der Waals surface area contributed by atoms with Crippen LogP contribution >= 0.6 is 11.6 Å². The van der Waals surface area contributed by atoms with Crippen molar-refractivity contribution in [3.05, 3.63) is 33.1 Å². The first-order valence-electron chi connectivity index (χ1n) is 5.05. The number of hydrogen-bond acceptors (Lipinski definition) is 6. The summed E-state index contributed by atoms with van der Waals surface area (Å²) in [4.78, 5) is 36.5. The van der Waals surface area contributed by atoms with Crippen LogP contribution in [-0.4, -0.2) is 34.9 Å². The van der Waals surface area contributed by atoms with E-state index in [-0.39, 0.29) is 10.7 Å². The molecule has 0 aromatic carbocycles. The Morgan fingerprint density at radius 1 is 1.58 bits per heavy atom. The minimum absolute atomic E-state index is 0.0681. The van der Waals surface area contributed by atoms with Crippen LogP contribution in [0.15, 0.2) is 12.3 Å². The molecule has 1 N–H and O–H groups in total. The third kappa shape index (κ3) is 3.62. The summed E-state index contributed by atoms with van der Waals surface area (Å²) in [5.74, 6) is -1.48. The number of rotatable bonds is 4. The topological polar surface area (TPSA) is 111 Å². The van der Waals surface area contributed by atoms with Gasteiger partial charge in [-0.15, -0.1) is 0 Å². The minimum Gasteiger partial charge on any atom is -0.467 e. The van der Waals surface area contributed by atoms with Crippen molar-refractivity contribution in [2.45, 2.75) is 13.0 Å². The molecule has 0 spiro atoms. The van der Waals surface area contributed by atoms with Gasteiger partial charge in [-0.05, 0) is 13.0 Å². The average Bonchev–Trinajstić information content (AvgIpc) is 2.36. The van der Waals surface area contributed by atoms with E-state index in [2.05, 4.69) is 15.0 Å². The average molecular weight is 288 g/mol. The van der Waals surface area contributed by atoms with E-state index in [1.165, 1.54) is 6.92 Å². The fourth-order valence-electron chi connectivity index (χ4n) is 1.26. The van der Waals surface area contributed by atoms with Crippen molar-refractivity contribution in [3.63, 3.8) is 0 Å². The molecule has 1 rings (SSSR count). The zero-order valence-electron chi connectivity index (χ0n) is 10.0. The summed E-state index contributed by atoms with van der Waals surface area (Å²) in [5.41, 5.74) is -0.778. The molecule has 1 heterocycles. The highest BCUT2D eigenvalue weighted by Gasteiger charge is 2.24. The Labute approximate surface area is 112 Å². The van der Waals surface area contributed by atoms with Crippen molar-refractivity contribution in [1.29, 1.82) is 0 Å². The Morgan fingerprint density at radius 2 is 2.21 bits per heavy atom. The molecule has 19 heavy (non-hydrogen) atoms. The van der Waals surface area contributed by atoms with E-state index in [4.69, 9.17) is 11.6 Å². The highest BCUT2D eigenvalue weighted by molar-refractivity contribution is 6.29. The van der Waals surface area contributed by atoms with Crippen LogP contribution in [-0.2, 0) is 9.53 Å². The number of nitrogens with zero attached hydrogens (tertiary/aromatic N) is 2. The summed E-state index contributed by atoms with van der Waals surface area (Å²) >= 11 is 5.59. The van der Waals surface area contributed by atoms with Crippen LogP contribution in [0, 0.1) is 10.1 Å². The molecule has 0 saturated heterocycles. The maximum atomic E-state index is 11.8. The van der Waals surface area contributed by atoms with E-state index < -0.39 is 28.5 Å². The molecule has 8 nitrogen and oxygen atoms in total. The molecular weight excluding hydrogens is 278 g/mol. The number of carbonyl (C=O) groups is 2. The molecule has 1 atom stereocenters. The summed E-state index contributed by atoms with van der Waals surface area (Å²) in [6, 6.07) is 0.114. The zero-order valence-corrected chi connectivity index (χ0v) is 10.8. The number of aromatic nitrogens is 1. The quantitative estimate of drug-likeness (QED) is 0.382. The van der Waals surface area contributed by atoms with E-state index >= 15 is 0 Å². The number of carbonyl (C=O) groups excluding carboxylic acids is 2. The highest BCUT2D eigenvalue weighted by atomic mass is 35.5. The molecule has 102 valence electrons. The maximum absolute atomic E-state index is 11.8. The molecule has 0 unspecified atom stereocenters. The van der Waals surface area contributed by atoms with E-state index in [1.54, 1.807) is 0 Å². The third-order valence-corrected chi connectivity index (χ3v) is 2.40. The number of amides is 1. The number of nitrogens with one attached hydrogen (secondary N) is 1. The molecule has 1 aromatic rings. The predicted octanol–water partition coefficient (Wildman–Crippen LogP) is 0.934. The van der Waals surface area contributed by atoms with E-state index in [1.807, 2.05) is 0 Å². The lowest BCUT2D eigenvalue weighted by Gasteiger charge is -2.11. The number of methoxy groups -OCH3 is 1. The Hall–Kier alpha value is -2.22. The zero-order chi connectivity index (χ0) is 14.6. The normalized spacial score (nSPS) is 11.5. The molecule has 1 amide bonds. The molecule has 9 heteroatoms. The van der Waals surface area contributed by atoms with Gasteiger partial charge in [-0.3, -0.25) is 14.9 Å². The maximum Gasteiger partial charge on any atom is 0.328 e. The first-order valence-corrected chi connectivity index (χ1v) is 5.43. The second-order valence-electron chi connectivity index (χ2n) is 3.50. The van der Waals surface area contributed by atoms with Crippen molar-refractivity contribution in [2.24, 2.45) is 0 Å². The van der Waals surface area contributed by atoms with Gasteiger partial charge in [-0.2, -0.15) is 0 Å². The van der Waals surface area contributed by atoms with E-state index in [9.17, 15) is 19.7 Å². The van der Waals surface area contributed by atoms with Gasteiger partial charge >= 0.3 is 5.97 Å². The number of pyridine rings is 1. The lowest BCUT2D eigenvalue weighted by molar-refractivity contribution is -0.385. The van der Waals surface area contributed by atoms with Gasteiger partial charge in [-0.25, -0.2) is 9.78 Å². The molecule has 1 aromatic heterocycles. The molecule has 0 bridgehead atoms. The largest absolute Gasteiger partial charge is 0.467 e. The second-order valence-corrected chi connectivity index (χ2v) is 3.89. The van der Waals surface area contributed by atoms with Crippen LogP contribution < -0.4 is 5.32 Å². The number of esters is 1. The SMILES string of the molecule is COC(=O)[C@H](C)NC(=O)c1cc(Cl)ncc1[N+](=O)[O-]. The number of hydrogen-bond donors (Lipinski definition) is 1. The summed E-state index contributed by atoms with van der Waals surface area (Å²) in [6.45, 7) is 1.39. The van der Waals surface area contributed by atoms with Gasteiger partial charge in [-0.1, -0.05) is 11.6 Å². The molecule has 0 aliphatic heterocycles. The van der Waals surface area contributed by atoms with Crippen molar-refractivity contribution in [2.75, 3.05) is 7.11 Å². The van der Waals surface area contributed by atoms with Gasteiger partial charge in [0.25, 0.3) is 11.6 Å². The smallest absolute Gasteiger partial charge is 0.328 e. The second kappa shape index (κ2) is 6.10. The van der Waals surface area contributed by atoms with Gasteiger partial charge in [0, 0.05) is 0 Å². The molecule has 0 saturated carbocycles. The van der Waals surface area contributed by atoms with Crippen LogP contribution in [0.3, 0.4) is 0 Å². The lowest BCUT2D eigenvalue weighted by Crippen LogP contribution is -2.39. The molecule has 0 fully saturated rings. The van der Waals surface area contributed by atoms with Crippen LogP contribution in [0.5, 0.6) is 0 Å². The van der Waals surface area contributed by atoms with Crippen LogP contribution in [0.25, 0.3) is 0 Å². The monoisotopic (exact) mass is 287 g/mol. The predicted molar refractivity (Wildman–Crippen MR) is 64.8 cm³/mol. The Morgan fingerprint density at radius 3 is 2.74 bits per heavy atom. The summed E-state index contributed by atoms with van der Waals surface area (Å²) in [5, 5.41) is 13.0. The van der Waals surface area contributed by atoms with Crippen molar-refractivity contribution < 1.29 is 19.2 Å². The van der Waals surface area contributed by atoms with Gasteiger partial charge in [0.1, 0.15) is 23.0 Å². The Kier molecular flexibility index (Phi) is 4.76. The number of halogens is 1. The van der Waals surface area contributed by atoms with Gasteiger partial charge in [0.15, 0.2) is 0 Å². The first kappa shape index (κ1) is 14.8. The van der Waals surface area contributed by atoms with Crippen LogP contribution in [0.1, 0.15) is 17.3 Å². The summed E-state index contributed by atoms with van der Waals surface area (Å²) in [6.07, 6.45) is 0.875. The van der Waals surface area contributed by atoms with Crippen LogP contribution in [0.2, 0.25) is 5.15 Å². The Balaban J connectivity index is 3.02. The molecule has 0 radical (unpaired) electrons. The van der Waals surface area contributed by atoms with E-state index in [0.717, 1.165) is 19.4 Å². The fraction of sp³-hybridized carbons (Fsp3) is 0.300. The summed E-state index contributed by atoms with van der Waals surface area (Å²) < 4.78 is 4.42. The third-order valence-electron chi connectivity index (χ3n) is 2.19. The number of nitro groups is 1. The van der Waals surface area contributed by atoms with Crippen molar-refractivity contribution >= 4 is 29.2 Å². The number of ether oxygens (including phenoxy) is 1. The minimum atomic E-state index is -0.941. The van der Waals surface area contributed by atoms with Gasteiger partial charge < -0.3 is 10.1 Å². The fourth-order valence-corrected chi connectivity index (χ4v) is 1.42. The first-order chi connectivity index (χ1) is 8.86. The van der Waals surface area contributed by atoms with Gasteiger partial charge in [0.05, 0.1) is 12.0 Å². The van der Waals surface area contributed by atoms with E-state index in [0.29, 0.717) is 0 Å². The standard InChI is InChI=1S/C10H10ClN3O5/c1-5(10(16)19-2)13-9(15)6-3-8(11)12-4-7(6)14(17)18/h3-5H,1-2H3,(H,13,15)/t5-/m0/s1. The molecular formula is C10H10ClN3O5.